The summed E-state index contributed by atoms with van der Waals surface area (Å²) in [5, 5.41) is 6.11. The van der Waals surface area contributed by atoms with E-state index in [2.05, 4.69) is 10.4 Å². The lowest BCUT2D eigenvalue weighted by Crippen LogP contribution is -2.30. The van der Waals surface area contributed by atoms with Gasteiger partial charge in [0.05, 0.1) is 11.9 Å². The third-order valence-corrected chi connectivity index (χ3v) is 3.47. The Kier molecular flexibility index (Phi) is 6.67. The van der Waals surface area contributed by atoms with Gasteiger partial charge in [-0.1, -0.05) is 11.6 Å². The average molecular weight is 330 g/mol. The van der Waals surface area contributed by atoms with E-state index in [0.717, 1.165) is 24.8 Å². The van der Waals surface area contributed by atoms with Crippen LogP contribution in [-0.4, -0.2) is 34.5 Å². The van der Waals surface area contributed by atoms with Crippen molar-refractivity contribution in [2.45, 2.75) is 25.6 Å². The molecule has 0 atom stereocenters. The van der Waals surface area contributed by atoms with Crippen LogP contribution in [0.15, 0.2) is 11.0 Å². The summed E-state index contributed by atoms with van der Waals surface area (Å²) in [5.41, 5.74) is -0.683. The summed E-state index contributed by atoms with van der Waals surface area (Å²) in [7, 11) is 0. The van der Waals surface area contributed by atoms with Crippen LogP contribution in [0, 0.1) is 0 Å². The van der Waals surface area contributed by atoms with Crippen molar-refractivity contribution in [3.05, 3.63) is 21.6 Å². The second-order valence-electron chi connectivity index (χ2n) is 4.08. The summed E-state index contributed by atoms with van der Waals surface area (Å²) in [6.07, 6.45) is 0.526. The SMILES string of the molecule is CSCCCCNc1cnn(CC(F)(F)F)c(=O)c1Cl. The van der Waals surface area contributed by atoms with Crippen molar-refractivity contribution in [3.8, 4) is 0 Å². The predicted octanol–water partition coefficient (Wildman–Crippen LogP) is 3.01. The molecule has 0 amide bonds. The van der Waals surface area contributed by atoms with Crippen LogP contribution in [0.1, 0.15) is 12.8 Å². The molecule has 1 rings (SSSR count). The minimum atomic E-state index is -4.51. The number of aromatic nitrogens is 2. The van der Waals surface area contributed by atoms with E-state index in [1.807, 2.05) is 6.26 Å². The van der Waals surface area contributed by atoms with Crippen LogP contribution < -0.4 is 10.9 Å². The molecule has 0 aromatic carbocycles. The Hall–Kier alpha value is -0.890. The highest BCUT2D eigenvalue weighted by Gasteiger charge is 2.29. The topological polar surface area (TPSA) is 46.9 Å². The zero-order valence-electron chi connectivity index (χ0n) is 10.8. The van der Waals surface area contributed by atoms with Crippen LogP contribution in [0.2, 0.25) is 5.02 Å². The molecule has 0 aliphatic heterocycles. The van der Waals surface area contributed by atoms with Crippen LogP contribution in [0.25, 0.3) is 0 Å². The third kappa shape index (κ3) is 5.62. The molecule has 4 nitrogen and oxygen atoms in total. The van der Waals surface area contributed by atoms with Crippen LogP contribution in [-0.2, 0) is 6.54 Å². The highest BCUT2D eigenvalue weighted by molar-refractivity contribution is 7.98. The summed E-state index contributed by atoms with van der Waals surface area (Å²) in [5.74, 6) is 1.03. The number of thioether (sulfide) groups is 1. The predicted molar refractivity (Wildman–Crippen MR) is 75.7 cm³/mol. The molecule has 0 aliphatic carbocycles. The van der Waals surface area contributed by atoms with Gasteiger partial charge >= 0.3 is 6.18 Å². The maximum atomic E-state index is 12.2. The third-order valence-electron chi connectivity index (χ3n) is 2.40. The molecule has 0 spiro atoms. The molecule has 114 valence electrons. The normalized spacial score (nSPS) is 11.7. The summed E-state index contributed by atoms with van der Waals surface area (Å²) >= 11 is 7.49. The molecule has 0 radical (unpaired) electrons. The Morgan fingerprint density at radius 1 is 1.45 bits per heavy atom. The van der Waals surface area contributed by atoms with E-state index in [4.69, 9.17) is 11.6 Å². The zero-order chi connectivity index (χ0) is 15.2. The fourth-order valence-corrected chi connectivity index (χ4v) is 2.17. The fourth-order valence-electron chi connectivity index (χ4n) is 1.47. The van der Waals surface area contributed by atoms with Gasteiger partial charge in [0, 0.05) is 6.54 Å². The lowest BCUT2D eigenvalue weighted by Gasteiger charge is -2.11. The van der Waals surface area contributed by atoms with E-state index >= 15 is 0 Å². The van der Waals surface area contributed by atoms with Crippen molar-refractivity contribution < 1.29 is 13.2 Å². The van der Waals surface area contributed by atoms with Gasteiger partial charge in [-0.05, 0) is 24.9 Å². The molecular formula is C11H15ClF3N3OS. The highest BCUT2D eigenvalue weighted by atomic mass is 35.5. The number of hydrogen-bond donors (Lipinski definition) is 1. The van der Waals surface area contributed by atoms with Gasteiger partial charge in [-0.25, -0.2) is 4.68 Å². The molecule has 1 aromatic rings. The molecule has 9 heteroatoms. The minimum absolute atomic E-state index is 0.263. The Morgan fingerprint density at radius 3 is 2.75 bits per heavy atom. The first-order valence-corrected chi connectivity index (χ1v) is 7.67. The van der Waals surface area contributed by atoms with Crippen LogP contribution in [0.4, 0.5) is 18.9 Å². The number of alkyl halides is 3. The van der Waals surface area contributed by atoms with E-state index in [1.54, 1.807) is 11.8 Å². The molecule has 1 aromatic heterocycles. The molecule has 0 saturated carbocycles. The van der Waals surface area contributed by atoms with Crippen molar-refractivity contribution in [3.63, 3.8) is 0 Å². The average Bonchev–Trinajstić information content (AvgIpc) is 2.36. The lowest BCUT2D eigenvalue weighted by atomic mass is 10.3. The molecule has 0 saturated heterocycles. The molecule has 0 bridgehead atoms. The number of rotatable bonds is 7. The number of halogens is 4. The van der Waals surface area contributed by atoms with Gasteiger partial charge < -0.3 is 5.32 Å². The highest BCUT2D eigenvalue weighted by Crippen LogP contribution is 2.19. The van der Waals surface area contributed by atoms with Crippen LogP contribution >= 0.6 is 23.4 Å². The van der Waals surface area contributed by atoms with Crippen molar-refractivity contribution in [2.75, 3.05) is 23.9 Å². The smallest absolute Gasteiger partial charge is 0.382 e. The molecular weight excluding hydrogens is 315 g/mol. The number of unbranched alkanes of at least 4 members (excludes halogenated alkanes) is 1. The van der Waals surface area contributed by atoms with Gasteiger partial charge in [0.1, 0.15) is 11.6 Å². The van der Waals surface area contributed by atoms with Crippen LogP contribution in [0.5, 0.6) is 0 Å². The van der Waals surface area contributed by atoms with Gasteiger partial charge in [0.15, 0.2) is 0 Å². The number of anilines is 1. The number of nitrogens with zero attached hydrogens (tertiary/aromatic N) is 2. The zero-order valence-corrected chi connectivity index (χ0v) is 12.4. The first kappa shape index (κ1) is 17.2. The minimum Gasteiger partial charge on any atom is -0.382 e. The standard InChI is InChI=1S/C11H15ClF3N3OS/c1-20-5-3-2-4-16-8-6-17-18(7-11(13,14)15)10(19)9(8)12/h6,16H,2-5,7H2,1H3. The number of nitrogens with one attached hydrogen (secondary N) is 1. The van der Waals surface area contributed by atoms with E-state index < -0.39 is 18.3 Å². The maximum absolute atomic E-state index is 12.2. The van der Waals surface area contributed by atoms with Gasteiger partial charge in [-0.15, -0.1) is 0 Å². The summed E-state index contributed by atoms with van der Waals surface area (Å²) in [4.78, 5) is 11.6. The van der Waals surface area contributed by atoms with Crippen molar-refractivity contribution in [1.82, 2.24) is 9.78 Å². The summed E-state index contributed by atoms with van der Waals surface area (Å²) < 4.78 is 36.9. The van der Waals surface area contributed by atoms with E-state index in [-0.39, 0.29) is 10.7 Å². The molecule has 20 heavy (non-hydrogen) atoms. The van der Waals surface area contributed by atoms with E-state index in [1.165, 1.54) is 0 Å². The van der Waals surface area contributed by atoms with Crippen molar-refractivity contribution in [1.29, 1.82) is 0 Å². The first-order chi connectivity index (χ1) is 9.35. The van der Waals surface area contributed by atoms with Gasteiger partial charge in [0.25, 0.3) is 5.56 Å². The lowest BCUT2D eigenvalue weighted by molar-refractivity contribution is -0.143. The second-order valence-corrected chi connectivity index (χ2v) is 5.44. The Labute approximate surface area is 123 Å². The molecule has 0 fully saturated rings. The number of hydrogen-bond acceptors (Lipinski definition) is 4. The quantitative estimate of drug-likeness (QED) is 0.781. The molecule has 0 unspecified atom stereocenters. The second kappa shape index (κ2) is 7.78. The monoisotopic (exact) mass is 329 g/mol. The first-order valence-electron chi connectivity index (χ1n) is 5.90. The Morgan fingerprint density at radius 2 is 2.15 bits per heavy atom. The summed E-state index contributed by atoms with van der Waals surface area (Å²) in [6.45, 7) is -0.857. The Bertz CT molecular complexity index is 493. The van der Waals surface area contributed by atoms with Gasteiger partial charge in [0.2, 0.25) is 0 Å². The van der Waals surface area contributed by atoms with E-state index in [0.29, 0.717) is 11.2 Å². The summed E-state index contributed by atoms with van der Waals surface area (Å²) in [6, 6.07) is 0. The van der Waals surface area contributed by atoms with Crippen molar-refractivity contribution >= 4 is 29.1 Å². The van der Waals surface area contributed by atoms with E-state index in [9.17, 15) is 18.0 Å². The molecule has 1 N–H and O–H groups in total. The fraction of sp³-hybridized carbons (Fsp3) is 0.636. The van der Waals surface area contributed by atoms with Crippen LogP contribution in [0.3, 0.4) is 0 Å². The maximum Gasteiger partial charge on any atom is 0.408 e. The van der Waals surface area contributed by atoms with Gasteiger partial charge in [-0.3, -0.25) is 4.79 Å². The largest absolute Gasteiger partial charge is 0.408 e. The Balaban J connectivity index is 2.67. The van der Waals surface area contributed by atoms with Crippen molar-refractivity contribution in [2.24, 2.45) is 0 Å². The molecule has 0 aliphatic rings. The molecule has 1 heterocycles. The van der Waals surface area contributed by atoms with Gasteiger partial charge in [-0.2, -0.15) is 30.0 Å².